The molecule has 304 valence electrons. The number of aromatic nitrogens is 1. The average molecular weight is 829 g/mol. The van der Waals surface area contributed by atoms with Crippen LogP contribution in [0.15, 0.2) is 46.3 Å². The minimum absolute atomic E-state index is 0.00723. The van der Waals surface area contributed by atoms with Crippen LogP contribution in [0.4, 0.5) is 0 Å². The summed E-state index contributed by atoms with van der Waals surface area (Å²) in [6, 6.07) is 11.0. The van der Waals surface area contributed by atoms with E-state index < -0.39 is 22.6 Å². The molecule has 3 heterocycles. The zero-order valence-electron chi connectivity index (χ0n) is 32.4. The average Bonchev–Trinajstić information content (AvgIpc) is 3.66. The molecule has 1 unspecified atom stereocenters. The molecule has 1 saturated carbocycles. The zero-order valence-corrected chi connectivity index (χ0v) is 34.7. The Morgan fingerprint density at radius 2 is 1.73 bits per heavy atom. The number of aryl methyl sites for hydroxylation is 2. The maximum absolute atomic E-state index is 14.3. The van der Waals surface area contributed by atoms with E-state index in [4.69, 9.17) is 50.1 Å². The second-order valence-electron chi connectivity index (χ2n) is 15.3. The van der Waals surface area contributed by atoms with Crippen molar-refractivity contribution >= 4 is 62.9 Å². The van der Waals surface area contributed by atoms with Crippen molar-refractivity contribution in [3.8, 4) is 5.75 Å². The Labute approximate surface area is 342 Å². The molecule has 2 atom stereocenters. The number of rotatable bonds is 14. The number of guanidine groups is 1. The van der Waals surface area contributed by atoms with Crippen LogP contribution >= 0.6 is 23.2 Å². The van der Waals surface area contributed by atoms with Gasteiger partial charge in [0.1, 0.15) is 34.4 Å². The quantitative estimate of drug-likeness (QED) is 0.103. The number of benzene rings is 2. The summed E-state index contributed by atoms with van der Waals surface area (Å²) in [5.41, 5.74) is 19.3. The number of unbranched alkanes of at least 4 members (excludes halogenated alkanes) is 1. The van der Waals surface area contributed by atoms with Gasteiger partial charge in [0, 0.05) is 73.5 Å². The van der Waals surface area contributed by atoms with Crippen molar-refractivity contribution in [1.82, 2.24) is 24.4 Å². The molecule has 2 aromatic carbocycles. The molecule has 6 rings (SSSR count). The van der Waals surface area contributed by atoms with Crippen LogP contribution in [0, 0.1) is 13.8 Å². The lowest BCUT2D eigenvalue weighted by molar-refractivity contribution is -0.140. The van der Waals surface area contributed by atoms with Gasteiger partial charge in [-0.1, -0.05) is 48.2 Å². The number of amides is 2. The smallest absolute Gasteiger partial charge is 0.243 e. The van der Waals surface area contributed by atoms with Gasteiger partial charge >= 0.3 is 0 Å². The molecule has 2 amide bonds. The normalized spacial score (nSPS) is 18.9. The minimum Gasteiger partial charge on any atom is -0.487 e. The predicted molar refractivity (Wildman–Crippen MR) is 223 cm³/mol. The van der Waals surface area contributed by atoms with Gasteiger partial charge in [-0.3, -0.25) is 19.5 Å². The monoisotopic (exact) mass is 827 g/mol. The molecule has 1 aliphatic carbocycles. The van der Waals surface area contributed by atoms with Gasteiger partial charge in [0.25, 0.3) is 0 Å². The van der Waals surface area contributed by atoms with E-state index in [9.17, 15) is 13.8 Å². The fourth-order valence-electron chi connectivity index (χ4n) is 8.33. The first-order valence-electron chi connectivity index (χ1n) is 19.7. The van der Waals surface area contributed by atoms with Gasteiger partial charge in [-0.25, -0.2) is 13.9 Å². The largest absolute Gasteiger partial charge is 0.487 e. The van der Waals surface area contributed by atoms with Gasteiger partial charge in [-0.05, 0) is 88.6 Å². The molecule has 16 heteroatoms. The number of fused-ring (bicyclic) bond motifs is 1. The summed E-state index contributed by atoms with van der Waals surface area (Å²) >= 11 is 13.6. The second kappa shape index (κ2) is 18.8. The Balaban J connectivity index is 1.02. The molecular formula is C40H55Cl2N9O4S. The number of hydrogen-bond donors (Lipinski definition) is 4. The highest BCUT2D eigenvalue weighted by molar-refractivity contribution is 7.83. The summed E-state index contributed by atoms with van der Waals surface area (Å²) in [4.78, 5) is 42.6. The van der Waals surface area contributed by atoms with Crippen molar-refractivity contribution in [3.63, 3.8) is 0 Å². The number of carbonyl (C=O) groups is 2. The Morgan fingerprint density at radius 1 is 1.02 bits per heavy atom. The number of pyridine rings is 1. The van der Waals surface area contributed by atoms with E-state index in [2.05, 4.69) is 14.6 Å². The van der Waals surface area contributed by atoms with Crippen LogP contribution in [0.25, 0.3) is 10.9 Å². The lowest BCUT2D eigenvalue weighted by Gasteiger charge is -2.44. The van der Waals surface area contributed by atoms with Crippen molar-refractivity contribution in [1.29, 1.82) is 0 Å². The number of piperazine rings is 1. The first kappa shape index (κ1) is 42.1. The summed E-state index contributed by atoms with van der Waals surface area (Å²) in [6.07, 6.45) is 6.76. The molecule has 2 saturated heterocycles. The molecular weight excluding hydrogens is 773 g/mol. The number of halogens is 2. The van der Waals surface area contributed by atoms with Crippen LogP contribution < -0.4 is 26.7 Å². The van der Waals surface area contributed by atoms with E-state index in [1.807, 2.05) is 47.9 Å². The molecule has 1 aromatic heterocycles. The zero-order chi connectivity index (χ0) is 40.0. The Hall–Kier alpha value is -3.53. The summed E-state index contributed by atoms with van der Waals surface area (Å²) in [5, 5.41) is 1.64. The number of ether oxygens (including phenoxy) is 1. The number of nitrogens with one attached hydrogen (secondary N) is 1. The molecule has 3 aromatic rings. The maximum atomic E-state index is 14.3. The van der Waals surface area contributed by atoms with E-state index in [0.717, 1.165) is 73.8 Å². The summed E-state index contributed by atoms with van der Waals surface area (Å²) in [7, 11) is -1.79. The van der Waals surface area contributed by atoms with E-state index in [1.54, 1.807) is 12.1 Å². The topological polar surface area (TPSA) is 186 Å². The molecule has 0 spiro atoms. The number of piperidine rings is 1. The van der Waals surface area contributed by atoms with Crippen molar-refractivity contribution in [3.05, 3.63) is 63.3 Å². The Morgan fingerprint density at radius 3 is 2.43 bits per heavy atom. The molecule has 3 fully saturated rings. The van der Waals surface area contributed by atoms with E-state index in [0.29, 0.717) is 79.3 Å². The van der Waals surface area contributed by atoms with Crippen molar-refractivity contribution in [2.45, 2.75) is 101 Å². The van der Waals surface area contributed by atoms with Gasteiger partial charge in [0.05, 0.1) is 16.0 Å². The number of para-hydroxylation sites is 1. The highest BCUT2D eigenvalue weighted by Gasteiger charge is 2.46. The molecule has 13 nitrogen and oxygen atoms in total. The van der Waals surface area contributed by atoms with E-state index >= 15 is 0 Å². The van der Waals surface area contributed by atoms with Crippen LogP contribution in [-0.2, 0) is 27.2 Å². The molecule has 56 heavy (non-hydrogen) atoms. The number of hydrogen-bond acceptors (Lipinski definition) is 8. The van der Waals surface area contributed by atoms with Crippen molar-refractivity contribution < 1.29 is 18.5 Å². The predicted octanol–water partition coefficient (Wildman–Crippen LogP) is 4.57. The number of nitrogens with zero attached hydrogens (tertiary/aromatic N) is 5. The maximum Gasteiger partial charge on any atom is 0.243 e. The third-order valence-electron chi connectivity index (χ3n) is 11.4. The molecule has 3 aliphatic rings. The Bertz CT molecular complexity index is 1940. The number of carbonyl (C=O) groups excluding carboxylic acids is 2. The lowest BCUT2D eigenvalue weighted by atomic mass is 9.94. The van der Waals surface area contributed by atoms with Crippen LogP contribution in [0.3, 0.4) is 0 Å². The fraction of sp³-hybridized carbons (Fsp3) is 0.550. The van der Waals surface area contributed by atoms with Crippen LogP contribution in [0.1, 0.15) is 74.6 Å². The SMILES string of the molecule is Cc1cc(C)c2cccc(OCc3c(Cl)ccc(S(=O)NC4(C(=O)N5CCC(N6CCN(C(=O)[C@@H](N)CCCCN=C(N)N)CC6)CC5)CCCC4)c3Cl)c2n1. The van der Waals surface area contributed by atoms with Crippen LogP contribution in [0.5, 0.6) is 5.75 Å². The number of likely N-dealkylation sites (tertiary alicyclic amines) is 1. The minimum atomic E-state index is -1.79. The molecule has 2 aliphatic heterocycles. The lowest BCUT2D eigenvalue weighted by Crippen LogP contribution is -2.60. The van der Waals surface area contributed by atoms with E-state index in [-0.39, 0.29) is 29.4 Å². The molecule has 0 bridgehead atoms. The van der Waals surface area contributed by atoms with Gasteiger partial charge < -0.3 is 31.7 Å². The van der Waals surface area contributed by atoms with Gasteiger partial charge in [-0.15, -0.1) is 0 Å². The molecule has 0 radical (unpaired) electrons. The highest BCUT2D eigenvalue weighted by atomic mass is 35.5. The number of aliphatic imine (C=N–C) groups is 1. The fourth-order valence-corrected chi connectivity index (χ4v) is 10.3. The van der Waals surface area contributed by atoms with Gasteiger partial charge in [0.2, 0.25) is 11.8 Å². The standard InChI is InChI=1S/C40H55Cl2N9O4S/c1-26-24-27(2)47-36-29(26)8-7-10-33(36)55-25-30-31(41)11-12-34(35(30)42)56(54)48-40(15-4-5-16-40)38(53)51-18-13-28(14-19-51)49-20-22-50(23-21-49)37(52)32(43)9-3-6-17-46-39(44)45/h7-8,10-12,24,28,32,48H,3-6,9,13-23,25,43H2,1-2H3,(H4,44,45,46)/t32-,56?/m0/s1. The summed E-state index contributed by atoms with van der Waals surface area (Å²) < 4.78 is 23.6. The number of nitrogens with two attached hydrogens (primary N) is 3. The van der Waals surface area contributed by atoms with Crippen molar-refractivity contribution in [2.75, 3.05) is 45.8 Å². The highest BCUT2D eigenvalue weighted by Crippen LogP contribution is 2.37. The Kier molecular flexibility index (Phi) is 14.1. The van der Waals surface area contributed by atoms with Crippen LogP contribution in [-0.4, -0.2) is 105 Å². The summed E-state index contributed by atoms with van der Waals surface area (Å²) in [5.74, 6) is 0.660. The first-order valence-corrected chi connectivity index (χ1v) is 21.6. The van der Waals surface area contributed by atoms with Crippen LogP contribution in [0.2, 0.25) is 10.0 Å². The third-order valence-corrected chi connectivity index (χ3v) is 13.7. The van der Waals surface area contributed by atoms with Gasteiger partial charge in [0.15, 0.2) is 5.96 Å². The summed E-state index contributed by atoms with van der Waals surface area (Å²) in [6.45, 7) is 8.64. The third kappa shape index (κ3) is 9.76. The molecule has 7 N–H and O–H groups in total. The first-order chi connectivity index (χ1) is 26.9. The van der Waals surface area contributed by atoms with Gasteiger partial charge in [-0.2, -0.15) is 0 Å². The second-order valence-corrected chi connectivity index (χ2v) is 17.3. The van der Waals surface area contributed by atoms with E-state index in [1.165, 1.54) is 0 Å². The van der Waals surface area contributed by atoms with Crippen molar-refractivity contribution in [2.24, 2.45) is 22.2 Å².